The second kappa shape index (κ2) is 7.77. The van der Waals surface area contributed by atoms with Crippen molar-refractivity contribution in [2.24, 2.45) is 4.99 Å². The van der Waals surface area contributed by atoms with Crippen molar-refractivity contribution in [3.63, 3.8) is 0 Å². The fourth-order valence-corrected chi connectivity index (χ4v) is 3.86. The van der Waals surface area contributed by atoms with Crippen LogP contribution in [0.3, 0.4) is 0 Å². The first-order valence-electron chi connectivity index (χ1n) is 9.03. The van der Waals surface area contributed by atoms with E-state index in [0.29, 0.717) is 23.2 Å². The van der Waals surface area contributed by atoms with E-state index in [0.717, 1.165) is 6.07 Å². The highest BCUT2D eigenvalue weighted by Gasteiger charge is 2.25. The van der Waals surface area contributed by atoms with E-state index >= 15 is 0 Å². The molecule has 156 valence electrons. The maximum atomic E-state index is 11.9. The molecule has 0 spiro atoms. The van der Waals surface area contributed by atoms with Gasteiger partial charge in [-0.3, -0.25) is 9.55 Å². The molecule has 9 heteroatoms. The second-order valence-corrected chi connectivity index (χ2v) is 8.14. The lowest BCUT2D eigenvalue weighted by molar-refractivity contribution is 0.478. The lowest BCUT2D eigenvalue weighted by Gasteiger charge is -2.16. The molecular formula is C21H21N3O5S. The topological polar surface area (TPSA) is 157 Å². The number of nitrogens with two attached hydrogens (primary N) is 1. The van der Waals surface area contributed by atoms with Crippen LogP contribution in [0, 0.1) is 5.41 Å². The predicted octanol–water partition coefficient (Wildman–Crippen LogP) is 4.31. The van der Waals surface area contributed by atoms with Crippen LogP contribution < -0.4 is 5.73 Å². The van der Waals surface area contributed by atoms with Crippen LogP contribution in [0.4, 0.5) is 11.4 Å². The van der Waals surface area contributed by atoms with Crippen LogP contribution in [0.2, 0.25) is 0 Å². The molecule has 0 aromatic heterocycles. The highest BCUT2D eigenvalue weighted by atomic mass is 32.2. The Hall–Kier alpha value is -3.43. The Labute approximate surface area is 173 Å². The molecule has 0 saturated carbocycles. The number of phenolic OH excluding ortho intramolecular Hbond substituents is 2. The van der Waals surface area contributed by atoms with Gasteiger partial charge in [-0.1, -0.05) is 31.2 Å². The number of fused-ring (bicyclic) bond motifs is 2. The summed E-state index contributed by atoms with van der Waals surface area (Å²) in [4.78, 5) is 3.81. The number of nitrogens with zero attached hydrogens (tertiary/aromatic N) is 1. The molecule has 0 aliphatic heterocycles. The number of aromatic hydroxyl groups is 2. The number of anilines is 1. The summed E-state index contributed by atoms with van der Waals surface area (Å²) in [6, 6.07) is 7.54. The van der Waals surface area contributed by atoms with Gasteiger partial charge in [-0.25, -0.2) is 0 Å². The van der Waals surface area contributed by atoms with Gasteiger partial charge in [0.25, 0.3) is 10.1 Å². The number of nitrogens with one attached hydrogen (secondary N) is 1. The molecule has 0 saturated heterocycles. The summed E-state index contributed by atoms with van der Waals surface area (Å²) >= 11 is 0. The molecule has 0 aliphatic rings. The van der Waals surface area contributed by atoms with Crippen molar-refractivity contribution < 1.29 is 23.2 Å². The van der Waals surface area contributed by atoms with Crippen LogP contribution in [0.25, 0.3) is 21.5 Å². The van der Waals surface area contributed by atoms with E-state index in [-0.39, 0.29) is 33.3 Å². The molecule has 6 N–H and O–H groups in total. The van der Waals surface area contributed by atoms with E-state index in [1.165, 1.54) is 6.08 Å². The fourth-order valence-electron chi connectivity index (χ4n) is 3.22. The van der Waals surface area contributed by atoms with Crippen LogP contribution >= 0.6 is 0 Å². The Balaban J connectivity index is 2.56. The van der Waals surface area contributed by atoms with Crippen LogP contribution in [-0.2, 0) is 10.1 Å². The molecule has 0 unspecified atom stereocenters. The molecule has 0 heterocycles. The average molecular weight is 427 g/mol. The minimum absolute atomic E-state index is 0.00881. The Morgan fingerprint density at radius 1 is 1.13 bits per heavy atom. The van der Waals surface area contributed by atoms with Crippen molar-refractivity contribution >= 4 is 54.5 Å². The summed E-state index contributed by atoms with van der Waals surface area (Å²) in [5, 5.41) is 29.8. The molecule has 0 aliphatic carbocycles. The van der Waals surface area contributed by atoms with Crippen LogP contribution in [0.15, 0.2) is 52.4 Å². The van der Waals surface area contributed by atoms with Crippen molar-refractivity contribution in [2.75, 3.05) is 5.73 Å². The Kier molecular flexibility index (Phi) is 5.51. The first-order chi connectivity index (χ1) is 14.1. The quantitative estimate of drug-likeness (QED) is 0.134. The zero-order valence-electron chi connectivity index (χ0n) is 16.3. The van der Waals surface area contributed by atoms with Crippen molar-refractivity contribution in [1.29, 1.82) is 5.41 Å². The minimum Gasteiger partial charge on any atom is -0.507 e. The van der Waals surface area contributed by atoms with Gasteiger partial charge in [0.05, 0.1) is 22.1 Å². The van der Waals surface area contributed by atoms with Gasteiger partial charge in [0.1, 0.15) is 16.4 Å². The van der Waals surface area contributed by atoms with E-state index < -0.39 is 20.7 Å². The Bertz CT molecular complexity index is 1360. The smallest absolute Gasteiger partial charge is 0.296 e. The zero-order chi connectivity index (χ0) is 22.2. The van der Waals surface area contributed by atoms with Crippen molar-refractivity contribution in [3.05, 3.63) is 42.5 Å². The standard InChI is InChI=1S/C21H21N3O5S/c1-3-12(9-8-11(2)22)24-15-10-16(30(27,28)29)19(23)18-17(15)20(25)13-6-4-5-7-14(13)21(18)26/h4-10,22,25-26H,3,23H2,1-2H3,(H,27,28,29). The monoisotopic (exact) mass is 427 g/mol. The van der Waals surface area contributed by atoms with E-state index in [2.05, 4.69) is 4.99 Å². The lowest BCUT2D eigenvalue weighted by atomic mass is 9.98. The van der Waals surface area contributed by atoms with Gasteiger partial charge < -0.3 is 21.4 Å². The molecule has 30 heavy (non-hydrogen) atoms. The molecule has 0 amide bonds. The summed E-state index contributed by atoms with van der Waals surface area (Å²) in [6.07, 6.45) is 3.56. The molecule has 3 aromatic rings. The highest BCUT2D eigenvalue weighted by molar-refractivity contribution is 7.86. The number of hydrogen-bond acceptors (Lipinski definition) is 7. The molecule has 3 aromatic carbocycles. The average Bonchev–Trinajstić information content (AvgIpc) is 2.68. The third-order valence-electron chi connectivity index (χ3n) is 4.65. The first-order valence-corrected chi connectivity index (χ1v) is 10.5. The first kappa shape index (κ1) is 21.3. The number of nitrogen functional groups attached to an aromatic ring is 1. The molecule has 0 radical (unpaired) electrons. The fraction of sp³-hybridized carbons (Fsp3) is 0.143. The zero-order valence-corrected chi connectivity index (χ0v) is 17.2. The summed E-state index contributed by atoms with van der Waals surface area (Å²) in [5.74, 6) is -0.560. The molecule has 8 nitrogen and oxygen atoms in total. The van der Waals surface area contributed by atoms with Gasteiger partial charge in [-0.2, -0.15) is 8.42 Å². The van der Waals surface area contributed by atoms with Gasteiger partial charge in [0.15, 0.2) is 0 Å². The predicted molar refractivity (Wildman–Crippen MR) is 119 cm³/mol. The van der Waals surface area contributed by atoms with Crippen LogP contribution in [0.5, 0.6) is 11.5 Å². The van der Waals surface area contributed by atoms with Crippen molar-refractivity contribution in [2.45, 2.75) is 25.2 Å². The number of hydrogen-bond donors (Lipinski definition) is 5. The normalized spacial score (nSPS) is 12.8. The summed E-state index contributed by atoms with van der Waals surface area (Å²) in [5.41, 5.74) is 6.39. The third kappa shape index (κ3) is 3.72. The SMILES string of the molecule is CCC(C=CC(C)=N)=Nc1cc(S(=O)(=O)O)c(N)c2c(O)c3ccccc3c(O)c12. The number of rotatable bonds is 5. The number of benzene rings is 3. The van der Waals surface area contributed by atoms with E-state index in [9.17, 15) is 23.2 Å². The van der Waals surface area contributed by atoms with Gasteiger partial charge >= 0.3 is 0 Å². The molecule has 0 bridgehead atoms. The van der Waals surface area contributed by atoms with Gasteiger partial charge in [0.2, 0.25) is 0 Å². The number of phenols is 2. The maximum absolute atomic E-state index is 11.9. The Morgan fingerprint density at radius 3 is 2.20 bits per heavy atom. The molecular weight excluding hydrogens is 406 g/mol. The van der Waals surface area contributed by atoms with Crippen molar-refractivity contribution in [1.82, 2.24) is 0 Å². The maximum Gasteiger partial charge on any atom is 0.296 e. The van der Waals surface area contributed by atoms with Gasteiger partial charge in [-0.15, -0.1) is 0 Å². The summed E-state index contributed by atoms with van der Waals surface area (Å²) in [6.45, 7) is 3.41. The van der Waals surface area contributed by atoms with E-state index in [1.807, 2.05) is 6.92 Å². The largest absolute Gasteiger partial charge is 0.507 e. The third-order valence-corrected chi connectivity index (χ3v) is 5.54. The van der Waals surface area contributed by atoms with Gasteiger partial charge in [-0.05, 0) is 31.6 Å². The second-order valence-electron chi connectivity index (χ2n) is 6.75. The van der Waals surface area contributed by atoms with Crippen LogP contribution in [0.1, 0.15) is 20.3 Å². The highest BCUT2D eigenvalue weighted by Crippen LogP contribution is 2.49. The van der Waals surface area contributed by atoms with E-state index in [4.69, 9.17) is 11.1 Å². The lowest BCUT2D eigenvalue weighted by Crippen LogP contribution is -2.04. The van der Waals surface area contributed by atoms with E-state index in [1.54, 1.807) is 37.3 Å². The van der Waals surface area contributed by atoms with Crippen LogP contribution in [-0.4, -0.2) is 34.6 Å². The van der Waals surface area contributed by atoms with Gasteiger partial charge in [0, 0.05) is 22.2 Å². The van der Waals surface area contributed by atoms with Crippen molar-refractivity contribution in [3.8, 4) is 11.5 Å². The Morgan fingerprint density at radius 2 is 1.70 bits per heavy atom. The minimum atomic E-state index is -4.74. The number of allylic oxidation sites excluding steroid dienone is 2. The molecule has 0 atom stereocenters. The summed E-state index contributed by atoms with van der Waals surface area (Å²) in [7, 11) is -4.74. The molecule has 3 rings (SSSR count). The summed E-state index contributed by atoms with van der Waals surface area (Å²) < 4.78 is 33.5. The molecule has 0 fully saturated rings. The number of aliphatic imine (C=N–C) groups is 1.